The van der Waals surface area contributed by atoms with Crippen LogP contribution in [0.3, 0.4) is 0 Å². The fraction of sp³-hybridized carbons (Fsp3) is 0.111. The lowest BCUT2D eigenvalue weighted by molar-refractivity contribution is -0.115. The summed E-state index contributed by atoms with van der Waals surface area (Å²) >= 11 is 0. The van der Waals surface area contributed by atoms with Crippen molar-refractivity contribution in [1.29, 1.82) is 0 Å². The Morgan fingerprint density at radius 1 is 1.09 bits per heavy atom. The summed E-state index contributed by atoms with van der Waals surface area (Å²) in [6, 6.07) is 17.7. The van der Waals surface area contributed by atoms with Crippen molar-refractivity contribution >= 4 is 27.6 Å². The number of nitrogens with zero attached hydrogens (tertiary/aromatic N) is 1. The van der Waals surface area contributed by atoms with Crippen molar-refractivity contribution in [3.63, 3.8) is 0 Å². The molecule has 1 unspecified atom stereocenters. The number of benzene rings is 2. The lowest BCUT2D eigenvalue weighted by Gasteiger charge is -2.10. The van der Waals surface area contributed by atoms with E-state index >= 15 is 0 Å². The predicted octanol–water partition coefficient (Wildman–Crippen LogP) is 2.64. The molecule has 3 rings (SSSR count). The molecule has 0 aliphatic carbocycles. The first-order chi connectivity index (χ1) is 11.1. The second-order valence-corrected chi connectivity index (χ2v) is 6.73. The van der Waals surface area contributed by atoms with Crippen LogP contribution in [-0.4, -0.2) is 20.9 Å². The molecule has 0 saturated heterocycles. The van der Waals surface area contributed by atoms with Crippen LogP contribution in [0.5, 0.6) is 0 Å². The molecule has 4 nitrogen and oxygen atoms in total. The molecule has 1 amide bonds. The van der Waals surface area contributed by atoms with Crippen LogP contribution in [0, 0.1) is 0 Å². The molecule has 23 heavy (non-hydrogen) atoms. The van der Waals surface area contributed by atoms with E-state index in [0.717, 1.165) is 27.6 Å². The van der Waals surface area contributed by atoms with E-state index < -0.39 is 16.7 Å². The zero-order valence-corrected chi connectivity index (χ0v) is 13.3. The molecular weight excluding hydrogens is 308 g/mol. The fourth-order valence-electron chi connectivity index (χ4n) is 2.53. The molecule has 0 aliphatic heterocycles. The summed E-state index contributed by atoms with van der Waals surface area (Å²) in [5.41, 5.74) is 8.92. The highest BCUT2D eigenvalue weighted by atomic mass is 32.2. The van der Waals surface area contributed by atoms with Crippen LogP contribution in [0.1, 0.15) is 5.56 Å². The maximum absolute atomic E-state index is 12.0. The standard InChI is InChI=1S/C18H16N2O2S/c19-18(21)12-23(22)11-14-6-1-3-7-16(14)15-9-13-5-2-4-8-17(13)20-10-15/h1-10H,11-12H2,(H2,19,21). The SMILES string of the molecule is NC(=O)CS(=O)Cc1ccccc1-c1cnc2ccccc2c1. The Morgan fingerprint density at radius 2 is 1.83 bits per heavy atom. The van der Waals surface area contributed by atoms with Gasteiger partial charge in [-0.1, -0.05) is 42.5 Å². The van der Waals surface area contributed by atoms with Gasteiger partial charge in [0, 0.05) is 33.7 Å². The molecule has 0 aliphatic rings. The number of pyridine rings is 1. The highest BCUT2D eigenvalue weighted by molar-refractivity contribution is 7.84. The van der Waals surface area contributed by atoms with Crippen LogP contribution >= 0.6 is 0 Å². The summed E-state index contributed by atoms with van der Waals surface area (Å²) in [7, 11) is -1.31. The number of rotatable bonds is 5. The van der Waals surface area contributed by atoms with Gasteiger partial charge < -0.3 is 5.73 Å². The lowest BCUT2D eigenvalue weighted by Crippen LogP contribution is -2.20. The molecule has 0 spiro atoms. The van der Waals surface area contributed by atoms with Crippen LogP contribution in [0.15, 0.2) is 60.8 Å². The third-order valence-corrected chi connectivity index (χ3v) is 4.78. The summed E-state index contributed by atoms with van der Waals surface area (Å²) in [5, 5.41) is 1.05. The highest BCUT2D eigenvalue weighted by Gasteiger charge is 2.11. The number of hydrogen-bond donors (Lipinski definition) is 1. The Bertz CT molecular complexity index is 893. The number of carbonyl (C=O) groups is 1. The van der Waals surface area contributed by atoms with Crippen LogP contribution in [0.2, 0.25) is 0 Å². The number of primary amides is 1. The Morgan fingerprint density at radius 3 is 2.65 bits per heavy atom. The van der Waals surface area contributed by atoms with Crippen LogP contribution in [0.4, 0.5) is 0 Å². The highest BCUT2D eigenvalue weighted by Crippen LogP contribution is 2.26. The largest absolute Gasteiger partial charge is 0.369 e. The van der Waals surface area contributed by atoms with E-state index in [-0.39, 0.29) is 5.75 Å². The topological polar surface area (TPSA) is 73.1 Å². The maximum Gasteiger partial charge on any atom is 0.230 e. The van der Waals surface area contributed by atoms with Crippen molar-refractivity contribution in [2.75, 3.05) is 5.75 Å². The molecule has 3 aromatic rings. The van der Waals surface area contributed by atoms with E-state index in [1.807, 2.05) is 54.7 Å². The van der Waals surface area contributed by atoms with Gasteiger partial charge in [0.05, 0.1) is 5.52 Å². The summed E-state index contributed by atoms with van der Waals surface area (Å²) < 4.78 is 12.0. The average molecular weight is 324 g/mol. The third kappa shape index (κ3) is 3.63. The monoisotopic (exact) mass is 324 g/mol. The van der Waals surface area contributed by atoms with Crippen molar-refractivity contribution < 1.29 is 9.00 Å². The number of amides is 1. The van der Waals surface area contributed by atoms with Crippen molar-refractivity contribution in [3.05, 3.63) is 66.4 Å². The molecular formula is C18H16N2O2S. The molecule has 1 atom stereocenters. The number of para-hydroxylation sites is 1. The Balaban J connectivity index is 1.98. The van der Waals surface area contributed by atoms with Crippen LogP contribution in [-0.2, 0) is 21.3 Å². The van der Waals surface area contributed by atoms with Gasteiger partial charge in [-0.25, -0.2) is 0 Å². The van der Waals surface area contributed by atoms with Gasteiger partial charge >= 0.3 is 0 Å². The van der Waals surface area contributed by atoms with Gasteiger partial charge in [0.2, 0.25) is 5.91 Å². The van der Waals surface area contributed by atoms with Crippen LogP contribution in [0.25, 0.3) is 22.0 Å². The first kappa shape index (κ1) is 15.4. The van der Waals surface area contributed by atoms with Gasteiger partial charge in [-0.2, -0.15) is 0 Å². The minimum atomic E-state index is -1.31. The van der Waals surface area contributed by atoms with Gasteiger partial charge in [-0.15, -0.1) is 0 Å². The molecule has 0 saturated carbocycles. The van der Waals surface area contributed by atoms with Gasteiger partial charge in [0.1, 0.15) is 5.75 Å². The van der Waals surface area contributed by atoms with Gasteiger partial charge in [0.25, 0.3) is 0 Å². The second-order valence-electron chi connectivity index (χ2n) is 5.27. The number of hydrogen-bond acceptors (Lipinski definition) is 3. The van der Waals surface area contributed by atoms with Gasteiger partial charge in [-0.3, -0.25) is 14.0 Å². The van der Waals surface area contributed by atoms with Gasteiger partial charge in [-0.05, 0) is 23.3 Å². The lowest BCUT2D eigenvalue weighted by atomic mass is 10.0. The molecule has 0 bridgehead atoms. The summed E-state index contributed by atoms with van der Waals surface area (Å²) in [5.74, 6) is -0.371. The zero-order chi connectivity index (χ0) is 16.2. The first-order valence-corrected chi connectivity index (χ1v) is 8.68. The molecule has 5 heteroatoms. The first-order valence-electron chi connectivity index (χ1n) is 7.20. The third-order valence-electron chi connectivity index (χ3n) is 3.54. The predicted molar refractivity (Wildman–Crippen MR) is 93.1 cm³/mol. The zero-order valence-electron chi connectivity index (χ0n) is 12.4. The Hall–Kier alpha value is -2.53. The minimum Gasteiger partial charge on any atom is -0.369 e. The summed E-state index contributed by atoms with van der Waals surface area (Å²) in [6.45, 7) is 0. The molecule has 2 N–H and O–H groups in total. The van der Waals surface area contributed by atoms with Crippen LogP contribution < -0.4 is 5.73 Å². The quantitative estimate of drug-likeness (QED) is 0.784. The molecule has 1 heterocycles. The molecule has 1 aromatic heterocycles. The van der Waals surface area contributed by atoms with E-state index in [9.17, 15) is 9.00 Å². The van der Waals surface area contributed by atoms with E-state index in [1.165, 1.54) is 0 Å². The number of carbonyl (C=O) groups excluding carboxylic acids is 1. The molecule has 116 valence electrons. The summed E-state index contributed by atoms with van der Waals surface area (Å²) in [4.78, 5) is 15.4. The van der Waals surface area contributed by atoms with E-state index in [0.29, 0.717) is 5.75 Å². The number of nitrogens with two attached hydrogens (primary N) is 1. The molecule has 0 radical (unpaired) electrons. The minimum absolute atomic E-state index is 0.121. The van der Waals surface area contributed by atoms with Gasteiger partial charge in [0.15, 0.2) is 0 Å². The van der Waals surface area contributed by atoms with Crippen molar-refractivity contribution in [3.8, 4) is 11.1 Å². The molecule has 0 fully saturated rings. The van der Waals surface area contributed by atoms with E-state index in [2.05, 4.69) is 11.1 Å². The Kier molecular flexibility index (Phi) is 4.48. The average Bonchev–Trinajstić information content (AvgIpc) is 2.54. The van der Waals surface area contributed by atoms with Crippen molar-refractivity contribution in [1.82, 2.24) is 4.98 Å². The van der Waals surface area contributed by atoms with E-state index in [1.54, 1.807) is 0 Å². The van der Waals surface area contributed by atoms with Crippen molar-refractivity contribution in [2.24, 2.45) is 5.73 Å². The maximum atomic E-state index is 12.0. The normalized spacial score (nSPS) is 12.2. The van der Waals surface area contributed by atoms with E-state index in [4.69, 9.17) is 5.73 Å². The smallest absolute Gasteiger partial charge is 0.230 e. The summed E-state index contributed by atoms with van der Waals surface area (Å²) in [6.07, 6.45) is 1.82. The number of aromatic nitrogens is 1. The van der Waals surface area contributed by atoms with Crippen molar-refractivity contribution in [2.45, 2.75) is 5.75 Å². The Labute approximate surface area is 136 Å². The second kappa shape index (κ2) is 6.71. The molecule has 2 aromatic carbocycles. The number of fused-ring (bicyclic) bond motifs is 1. The fourth-order valence-corrected chi connectivity index (χ4v) is 3.55.